The SMILES string of the molecule is OC1=CCN2C=Cc3cc(O)ccc3C2=C1. The Labute approximate surface area is 93.3 Å². The van der Waals surface area contributed by atoms with E-state index in [0.717, 1.165) is 16.8 Å². The van der Waals surface area contributed by atoms with E-state index in [0.29, 0.717) is 12.3 Å². The summed E-state index contributed by atoms with van der Waals surface area (Å²) in [6.45, 7) is 0.675. The monoisotopic (exact) mass is 213 g/mol. The molecule has 2 N–H and O–H groups in total. The highest BCUT2D eigenvalue weighted by Crippen LogP contribution is 2.33. The Balaban J connectivity index is 2.18. The number of rotatable bonds is 0. The second kappa shape index (κ2) is 3.17. The summed E-state index contributed by atoms with van der Waals surface area (Å²) >= 11 is 0. The van der Waals surface area contributed by atoms with Crippen LogP contribution < -0.4 is 0 Å². The molecule has 0 bridgehead atoms. The number of hydrogen-bond donors (Lipinski definition) is 2. The zero-order valence-corrected chi connectivity index (χ0v) is 8.59. The number of benzene rings is 1. The Morgan fingerprint density at radius 2 is 2.06 bits per heavy atom. The Morgan fingerprint density at radius 1 is 1.19 bits per heavy atom. The average Bonchev–Trinajstić information content (AvgIpc) is 2.28. The van der Waals surface area contributed by atoms with Crippen molar-refractivity contribution in [1.82, 2.24) is 4.90 Å². The van der Waals surface area contributed by atoms with Crippen LogP contribution in [0.1, 0.15) is 11.1 Å². The lowest BCUT2D eigenvalue weighted by molar-refractivity contribution is 0.417. The zero-order valence-electron chi connectivity index (χ0n) is 8.59. The van der Waals surface area contributed by atoms with Gasteiger partial charge < -0.3 is 15.1 Å². The molecular formula is C13H11NO2. The normalized spacial score (nSPS) is 17.4. The molecular weight excluding hydrogens is 202 g/mol. The van der Waals surface area contributed by atoms with Crippen LogP contribution in [0.15, 0.2) is 42.3 Å². The first-order valence-electron chi connectivity index (χ1n) is 5.13. The van der Waals surface area contributed by atoms with Gasteiger partial charge in [0.15, 0.2) is 0 Å². The maximum atomic E-state index is 9.51. The number of phenols is 1. The molecule has 1 aromatic rings. The molecule has 1 aromatic carbocycles. The van der Waals surface area contributed by atoms with Gasteiger partial charge in [0.1, 0.15) is 11.5 Å². The Kier molecular flexibility index (Phi) is 1.80. The molecule has 0 atom stereocenters. The molecule has 0 aliphatic carbocycles. The summed E-state index contributed by atoms with van der Waals surface area (Å²) in [5, 5.41) is 18.9. The predicted molar refractivity (Wildman–Crippen MR) is 62.5 cm³/mol. The summed E-state index contributed by atoms with van der Waals surface area (Å²) < 4.78 is 0. The summed E-state index contributed by atoms with van der Waals surface area (Å²) in [5.41, 5.74) is 2.97. The van der Waals surface area contributed by atoms with Crippen LogP contribution in [-0.2, 0) is 0 Å². The minimum atomic E-state index is 0.257. The van der Waals surface area contributed by atoms with Gasteiger partial charge in [0.25, 0.3) is 0 Å². The lowest BCUT2D eigenvalue weighted by Gasteiger charge is -2.29. The van der Waals surface area contributed by atoms with Gasteiger partial charge in [-0.15, -0.1) is 0 Å². The van der Waals surface area contributed by atoms with Crippen LogP contribution in [0.3, 0.4) is 0 Å². The first-order chi connectivity index (χ1) is 7.74. The van der Waals surface area contributed by atoms with E-state index in [1.54, 1.807) is 24.3 Å². The molecule has 2 heterocycles. The number of fused-ring (bicyclic) bond motifs is 3. The second-order valence-electron chi connectivity index (χ2n) is 3.90. The fourth-order valence-corrected chi connectivity index (χ4v) is 2.04. The third-order valence-corrected chi connectivity index (χ3v) is 2.84. The lowest BCUT2D eigenvalue weighted by Crippen LogP contribution is -2.21. The van der Waals surface area contributed by atoms with Crippen molar-refractivity contribution in [2.45, 2.75) is 0 Å². The van der Waals surface area contributed by atoms with Gasteiger partial charge in [-0.2, -0.15) is 0 Å². The summed E-state index contributed by atoms with van der Waals surface area (Å²) in [7, 11) is 0. The van der Waals surface area contributed by atoms with Gasteiger partial charge in [-0.05, 0) is 35.9 Å². The number of hydrogen-bond acceptors (Lipinski definition) is 3. The maximum Gasteiger partial charge on any atom is 0.116 e. The number of nitrogens with zero attached hydrogens (tertiary/aromatic N) is 1. The van der Waals surface area contributed by atoms with E-state index in [2.05, 4.69) is 4.90 Å². The minimum Gasteiger partial charge on any atom is -0.508 e. The molecule has 0 radical (unpaired) electrons. The van der Waals surface area contributed by atoms with Crippen LogP contribution in [0, 0.1) is 0 Å². The quantitative estimate of drug-likeness (QED) is 0.695. The third kappa shape index (κ3) is 1.29. The number of allylic oxidation sites excluding steroid dienone is 1. The summed E-state index contributed by atoms with van der Waals surface area (Å²) in [6, 6.07) is 5.25. The maximum absolute atomic E-state index is 9.51. The average molecular weight is 213 g/mol. The van der Waals surface area contributed by atoms with Crippen LogP contribution in [0.5, 0.6) is 5.75 Å². The summed E-state index contributed by atoms with van der Waals surface area (Å²) in [6.07, 6.45) is 7.42. The highest BCUT2D eigenvalue weighted by Gasteiger charge is 2.19. The highest BCUT2D eigenvalue weighted by atomic mass is 16.3. The first kappa shape index (κ1) is 9.09. The van der Waals surface area contributed by atoms with Crippen LogP contribution in [0.25, 0.3) is 11.8 Å². The van der Waals surface area contributed by atoms with E-state index in [1.807, 2.05) is 18.3 Å². The van der Waals surface area contributed by atoms with Gasteiger partial charge in [-0.3, -0.25) is 0 Å². The van der Waals surface area contributed by atoms with Crippen molar-refractivity contribution in [2.24, 2.45) is 0 Å². The summed E-state index contributed by atoms with van der Waals surface area (Å²) in [4.78, 5) is 2.05. The van der Waals surface area contributed by atoms with E-state index < -0.39 is 0 Å². The topological polar surface area (TPSA) is 43.7 Å². The molecule has 80 valence electrons. The highest BCUT2D eigenvalue weighted by molar-refractivity contribution is 5.80. The zero-order chi connectivity index (χ0) is 11.1. The Hall–Kier alpha value is -2.16. The van der Waals surface area contributed by atoms with Crippen LogP contribution in [0.2, 0.25) is 0 Å². The fourth-order valence-electron chi connectivity index (χ4n) is 2.04. The number of phenolic OH excluding ortho intramolecular Hbond substituents is 1. The number of aromatic hydroxyl groups is 1. The van der Waals surface area contributed by atoms with Crippen LogP contribution in [0.4, 0.5) is 0 Å². The van der Waals surface area contributed by atoms with Gasteiger partial charge in [-0.25, -0.2) is 0 Å². The number of aliphatic hydroxyl groups excluding tert-OH is 1. The third-order valence-electron chi connectivity index (χ3n) is 2.84. The van der Waals surface area contributed by atoms with Crippen molar-refractivity contribution in [3.05, 3.63) is 53.4 Å². The van der Waals surface area contributed by atoms with Crippen molar-refractivity contribution >= 4 is 11.8 Å². The second-order valence-corrected chi connectivity index (χ2v) is 3.90. The van der Waals surface area contributed by atoms with E-state index in [1.165, 1.54) is 0 Å². The van der Waals surface area contributed by atoms with E-state index >= 15 is 0 Å². The molecule has 3 nitrogen and oxygen atoms in total. The molecule has 0 aromatic heterocycles. The molecule has 0 spiro atoms. The van der Waals surface area contributed by atoms with Gasteiger partial charge >= 0.3 is 0 Å². The molecule has 2 aliphatic rings. The molecule has 0 saturated heterocycles. The molecule has 16 heavy (non-hydrogen) atoms. The standard InChI is InChI=1S/C13H11NO2/c15-10-1-2-12-9(7-10)3-5-14-6-4-11(16)8-13(12)14/h1-5,7-8,15-16H,6H2. The smallest absolute Gasteiger partial charge is 0.116 e. The molecule has 0 fully saturated rings. The van der Waals surface area contributed by atoms with Crippen LogP contribution >= 0.6 is 0 Å². The fraction of sp³-hybridized carbons (Fsp3) is 0.0769. The van der Waals surface area contributed by atoms with Gasteiger partial charge in [0.05, 0.1) is 5.70 Å². The van der Waals surface area contributed by atoms with Crippen LogP contribution in [-0.4, -0.2) is 21.7 Å². The molecule has 3 heteroatoms. The largest absolute Gasteiger partial charge is 0.508 e. The van der Waals surface area contributed by atoms with Crippen molar-refractivity contribution < 1.29 is 10.2 Å². The molecule has 0 saturated carbocycles. The molecule has 0 amide bonds. The Morgan fingerprint density at radius 3 is 2.94 bits per heavy atom. The van der Waals surface area contributed by atoms with Crippen molar-refractivity contribution in [3.63, 3.8) is 0 Å². The summed E-state index contributed by atoms with van der Waals surface area (Å²) in [5.74, 6) is 0.550. The molecule has 0 unspecified atom stereocenters. The van der Waals surface area contributed by atoms with Crippen molar-refractivity contribution in [1.29, 1.82) is 0 Å². The molecule has 3 rings (SSSR count). The minimum absolute atomic E-state index is 0.257. The molecule has 2 aliphatic heterocycles. The van der Waals surface area contributed by atoms with E-state index in [-0.39, 0.29) is 5.75 Å². The lowest BCUT2D eigenvalue weighted by atomic mass is 9.98. The van der Waals surface area contributed by atoms with Crippen molar-refractivity contribution in [3.8, 4) is 5.75 Å². The first-order valence-corrected chi connectivity index (χ1v) is 5.13. The van der Waals surface area contributed by atoms with Gasteiger partial charge in [-0.1, -0.05) is 0 Å². The number of aliphatic hydroxyl groups is 1. The van der Waals surface area contributed by atoms with E-state index in [9.17, 15) is 10.2 Å². The predicted octanol–water partition coefficient (Wildman–Crippen LogP) is 2.47. The van der Waals surface area contributed by atoms with Crippen molar-refractivity contribution in [2.75, 3.05) is 6.54 Å². The van der Waals surface area contributed by atoms with Gasteiger partial charge in [0, 0.05) is 24.4 Å². The van der Waals surface area contributed by atoms with E-state index in [4.69, 9.17) is 0 Å². The Bertz CT molecular complexity index is 541. The van der Waals surface area contributed by atoms with Gasteiger partial charge in [0.2, 0.25) is 0 Å².